The van der Waals surface area contributed by atoms with Crippen molar-refractivity contribution in [1.82, 2.24) is 9.88 Å². The molecule has 1 atom stereocenters. The zero-order chi connectivity index (χ0) is 15.0. The van der Waals surface area contributed by atoms with Crippen molar-refractivity contribution < 1.29 is 9.72 Å². The van der Waals surface area contributed by atoms with E-state index in [0.29, 0.717) is 5.69 Å². The molecule has 0 bridgehead atoms. The van der Waals surface area contributed by atoms with Gasteiger partial charge >= 0.3 is 0 Å². The summed E-state index contributed by atoms with van der Waals surface area (Å²) in [5.74, 6) is -0.117. The maximum atomic E-state index is 12.3. The van der Waals surface area contributed by atoms with Crippen LogP contribution in [0.3, 0.4) is 0 Å². The van der Waals surface area contributed by atoms with E-state index in [2.05, 4.69) is 28.3 Å². The second-order valence-corrected chi connectivity index (χ2v) is 6.15. The lowest BCUT2D eigenvalue weighted by atomic mass is 10.0. The topological polar surface area (TPSA) is 79.2 Å². The molecule has 2 aromatic rings. The summed E-state index contributed by atoms with van der Waals surface area (Å²) in [5.41, 5.74) is 1.51. The van der Waals surface area contributed by atoms with E-state index in [9.17, 15) is 14.9 Å². The first-order valence-corrected chi connectivity index (χ1v) is 7.60. The molecule has 0 aliphatic carbocycles. The van der Waals surface area contributed by atoms with E-state index >= 15 is 0 Å². The monoisotopic (exact) mass is 305 g/mol. The average molecular weight is 305 g/mol. The zero-order valence-corrected chi connectivity index (χ0v) is 12.4. The van der Waals surface area contributed by atoms with Crippen LogP contribution in [0.2, 0.25) is 0 Å². The van der Waals surface area contributed by atoms with Crippen LogP contribution in [-0.2, 0) is 6.42 Å². The molecule has 0 fully saturated rings. The number of thiophene rings is 1. The molecule has 0 spiro atoms. The third-order valence-corrected chi connectivity index (χ3v) is 4.93. The van der Waals surface area contributed by atoms with E-state index in [1.54, 1.807) is 11.3 Å². The second kappa shape index (κ2) is 5.42. The molecular weight excluding hydrogens is 290 g/mol. The SMILES string of the molecule is CC1c2ccsc2CCN1CC(=O)c1cc([N+](=O)[O-])c[nH]1. The fourth-order valence-electron chi connectivity index (χ4n) is 2.70. The number of fused-ring (bicyclic) bond motifs is 1. The molecule has 3 heterocycles. The van der Waals surface area contributed by atoms with Gasteiger partial charge in [0.25, 0.3) is 5.69 Å². The molecule has 1 aliphatic rings. The highest BCUT2D eigenvalue weighted by Crippen LogP contribution is 2.32. The van der Waals surface area contributed by atoms with Gasteiger partial charge in [-0.15, -0.1) is 11.3 Å². The molecule has 0 radical (unpaired) electrons. The summed E-state index contributed by atoms with van der Waals surface area (Å²) in [6.07, 6.45) is 2.21. The zero-order valence-electron chi connectivity index (χ0n) is 11.5. The van der Waals surface area contributed by atoms with E-state index in [-0.39, 0.29) is 24.1 Å². The van der Waals surface area contributed by atoms with E-state index in [0.717, 1.165) is 13.0 Å². The Kier molecular flexibility index (Phi) is 3.60. The number of nitrogens with one attached hydrogen (secondary N) is 1. The predicted octanol–water partition coefficient (Wildman–Crippen LogP) is 2.79. The molecule has 6 nitrogen and oxygen atoms in total. The second-order valence-electron chi connectivity index (χ2n) is 5.15. The molecule has 1 N–H and O–H groups in total. The number of hydrogen-bond acceptors (Lipinski definition) is 5. The lowest BCUT2D eigenvalue weighted by molar-refractivity contribution is -0.384. The molecule has 1 aliphatic heterocycles. The number of nitro groups is 1. The van der Waals surface area contributed by atoms with Crippen LogP contribution < -0.4 is 0 Å². The normalized spacial score (nSPS) is 18.4. The summed E-state index contributed by atoms with van der Waals surface area (Å²) in [6, 6.07) is 3.61. The van der Waals surface area contributed by atoms with Crippen LogP contribution in [0.1, 0.15) is 33.9 Å². The van der Waals surface area contributed by atoms with Gasteiger partial charge in [-0.25, -0.2) is 0 Å². The standard InChI is InChI=1S/C14H15N3O3S/c1-9-11-3-5-21-14(11)2-4-16(9)8-13(18)12-6-10(7-15-12)17(19)20/h3,5-7,9,15H,2,4,8H2,1H3. The summed E-state index contributed by atoms with van der Waals surface area (Å²) in [7, 11) is 0. The summed E-state index contributed by atoms with van der Waals surface area (Å²) in [6.45, 7) is 3.20. The Morgan fingerprint density at radius 1 is 1.62 bits per heavy atom. The van der Waals surface area contributed by atoms with Crippen LogP contribution >= 0.6 is 11.3 Å². The van der Waals surface area contributed by atoms with Crippen LogP contribution in [0, 0.1) is 10.1 Å². The third-order valence-electron chi connectivity index (χ3n) is 3.93. The average Bonchev–Trinajstić information content (AvgIpc) is 3.10. The van der Waals surface area contributed by atoms with Crippen LogP contribution in [-0.4, -0.2) is 33.7 Å². The number of carbonyl (C=O) groups is 1. The Bertz CT molecular complexity index is 691. The van der Waals surface area contributed by atoms with Crippen molar-refractivity contribution in [3.63, 3.8) is 0 Å². The molecule has 3 rings (SSSR count). The highest BCUT2D eigenvalue weighted by atomic mass is 32.1. The van der Waals surface area contributed by atoms with Crippen molar-refractivity contribution in [2.24, 2.45) is 0 Å². The molecule has 21 heavy (non-hydrogen) atoms. The molecule has 0 saturated carbocycles. The smallest absolute Gasteiger partial charge is 0.287 e. The number of nitrogens with zero attached hydrogens (tertiary/aromatic N) is 2. The van der Waals surface area contributed by atoms with Crippen LogP contribution in [0.4, 0.5) is 5.69 Å². The largest absolute Gasteiger partial charge is 0.353 e. The van der Waals surface area contributed by atoms with Gasteiger partial charge in [0.1, 0.15) is 0 Å². The molecule has 0 aromatic carbocycles. The minimum Gasteiger partial charge on any atom is -0.353 e. The highest BCUT2D eigenvalue weighted by molar-refractivity contribution is 7.10. The minimum absolute atomic E-state index is 0.0786. The number of Topliss-reactive ketones (excluding diaryl/α,β-unsaturated/α-hetero) is 1. The summed E-state index contributed by atoms with van der Waals surface area (Å²) in [4.78, 5) is 28.6. The fraction of sp³-hybridized carbons (Fsp3) is 0.357. The molecule has 1 unspecified atom stereocenters. The van der Waals surface area contributed by atoms with E-state index in [1.807, 2.05) is 0 Å². The number of hydrogen-bond donors (Lipinski definition) is 1. The lowest BCUT2D eigenvalue weighted by Gasteiger charge is -2.32. The van der Waals surface area contributed by atoms with E-state index in [1.165, 1.54) is 22.7 Å². The first-order valence-electron chi connectivity index (χ1n) is 6.72. The van der Waals surface area contributed by atoms with Gasteiger partial charge in [-0.05, 0) is 30.4 Å². The van der Waals surface area contributed by atoms with E-state index < -0.39 is 4.92 Å². The quantitative estimate of drug-likeness (QED) is 0.535. The maximum Gasteiger partial charge on any atom is 0.287 e. The molecule has 110 valence electrons. The van der Waals surface area contributed by atoms with Crippen molar-refractivity contribution in [1.29, 1.82) is 0 Å². The van der Waals surface area contributed by atoms with Gasteiger partial charge in [0.05, 0.1) is 23.4 Å². The Labute approximate surface area is 125 Å². The van der Waals surface area contributed by atoms with E-state index in [4.69, 9.17) is 0 Å². The van der Waals surface area contributed by atoms with Gasteiger partial charge in [-0.3, -0.25) is 19.8 Å². The van der Waals surface area contributed by atoms with Crippen molar-refractivity contribution in [3.05, 3.63) is 50.0 Å². The molecule has 7 heteroatoms. The Morgan fingerprint density at radius 2 is 2.43 bits per heavy atom. The first kappa shape index (κ1) is 14.0. The van der Waals surface area contributed by atoms with Crippen LogP contribution in [0.25, 0.3) is 0 Å². The van der Waals surface area contributed by atoms with Gasteiger partial charge in [0.2, 0.25) is 0 Å². The lowest BCUT2D eigenvalue weighted by Crippen LogP contribution is -2.37. The van der Waals surface area contributed by atoms with Gasteiger partial charge in [-0.1, -0.05) is 0 Å². The Hall–Kier alpha value is -1.99. The first-order chi connectivity index (χ1) is 10.1. The Balaban J connectivity index is 1.72. The molecule has 2 aromatic heterocycles. The van der Waals surface area contributed by atoms with Gasteiger partial charge in [0, 0.05) is 23.5 Å². The summed E-state index contributed by atoms with van der Waals surface area (Å²) < 4.78 is 0. The van der Waals surface area contributed by atoms with Crippen molar-refractivity contribution >= 4 is 22.8 Å². The number of ketones is 1. The van der Waals surface area contributed by atoms with Gasteiger partial charge in [-0.2, -0.15) is 0 Å². The van der Waals surface area contributed by atoms with Crippen LogP contribution in [0.5, 0.6) is 0 Å². The minimum atomic E-state index is -0.506. The molecular formula is C14H15N3O3S. The highest BCUT2D eigenvalue weighted by Gasteiger charge is 2.27. The number of rotatable bonds is 4. The predicted molar refractivity (Wildman–Crippen MR) is 79.8 cm³/mol. The fourth-order valence-corrected chi connectivity index (χ4v) is 3.66. The number of carbonyl (C=O) groups excluding carboxylic acids is 1. The van der Waals surface area contributed by atoms with Crippen molar-refractivity contribution in [2.75, 3.05) is 13.1 Å². The van der Waals surface area contributed by atoms with Crippen LogP contribution in [0.15, 0.2) is 23.7 Å². The van der Waals surface area contributed by atoms with Crippen molar-refractivity contribution in [3.8, 4) is 0 Å². The summed E-state index contributed by atoms with van der Waals surface area (Å²) in [5, 5.41) is 12.7. The summed E-state index contributed by atoms with van der Waals surface area (Å²) >= 11 is 1.76. The Morgan fingerprint density at radius 3 is 3.14 bits per heavy atom. The maximum absolute atomic E-state index is 12.3. The molecule has 0 saturated heterocycles. The third kappa shape index (κ3) is 2.62. The van der Waals surface area contributed by atoms with Gasteiger partial charge in [0.15, 0.2) is 5.78 Å². The number of aromatic amines is 1. The number of aromatic nitrogens is 1. The number of H-pyrrole nitrogens is 1. The molecule has 0 amide bonds. The van der Waals surface area contributed by atoms with Gasteiger partial charge < -0.3 is 4.98 Å². The van der Waals surface area contributed by atoms with Crippen molar-refractivity contribution in [2.45, 2.75) is 19.4 Å².